The fourth-order valence-electron chi connectivity index (χ4n) is 2.46. The molecule has 1 aromatic heterocycles. The molecule has 1 N–H and O–H groups in total. The molecule has 1 aliphatic rings. The first-order valence-electron chi connectivity index (χ1n) is 6.06. The van der Waals surface area contributed by atoms with Crippen molar-refractivity contribution in [2.75, 3.05) is 0 Å². The molecule has 7 heteroatoms. The number of rotatable bonds is 2. The molecule has 0 amide bonds. The Kier molecular flexibility index (Phi) is 3.56. The number of hydrogen-bond acceptors (Lipinski definition) is 3. The van der Waals surface area contributed by atoms with Gasteiger partial charge in [0.1, 0.15) is 5.76 Å². The van der Waals surface area contributed by atoms with Crippen LogP contribution in [0.2, 0.25) is 0 Å². The first-order chi connectivity index (χ1) is 8.79. The van der Waals surface area contributed by atoms with Crippen LogP contribution in [0.25, 0.3) is 0 Å². The van der Waals surface area contributed by atoms with Gasteiger partial charge in [0.05, 0.1) is 5.92 Å². The molecule has 106 valence electrons. The van der Waals surface area contributed by atoms with Gasteiger partial charge in [0.2, 0.25) is 0 Å². The molecule has 1 saturated carbocycles. The van der Waals surface area contributed by atoms with Crippen molar-refractivity contribution in [3.8, 4) is 0 Å². The zero-order valence-corrected chi connectivity index (χ0v) is 10.3. The van der Waals surface area contributed by atoms with Crippen molar-refractivity contribution in [3.05, 3.63) is 17.3 Å². The van der Waals surface area contributed by atoms with Gasteiger partial charge in [-0.1, -0.05) is 0 Å². The summed E-state index contributed by atoms with van der Waals surface area (Å²) in [6, 6.07) is 0. The van der Waals surface area contributed by atoms with Crippen LogP contribution < -0.4 is 0 Å². The zero-order chi connectivity index (χ0) is 14.2. The minimum atomic E-state index is -4.15. The molecule has 0 bridgehead atoms. The van der Waals surface area contributed by atoms with Crippen LogP contribution >= 0.6 is 0 Å². The van der Waals surface area contributed by atoms with Crippen molar-refractivity contribution >= 4 is 5.97 Å². The number of aromatic nitrogens is 1. The number of hydrogen-bond donors (Lipinski definition) is 1. The van der Waals surface area contributed by atoms with Crippen LogP contribution in [0.1, 0.15) is 53.7 Å². The molecule has 2 rings (SSSR count). The van der Waals surface area contributed by atoms with Crippen LogP contribution in [0, 0.1) is 12.8 Å². The third-order valence-electron chi connectivity index (χ3n) is 3.56. The molecule has 0 aliphatic heterocycles. The number of carboxylic acids is 1. The second-order valence-electron chi connectivity index (χ2n) is 4.85. The Balaban J connectivity index is 2.06. The fourth-order valence-corrected chi connectivity index (χ4v) is 2.46. The predicted molar refractivity (Wildman–Crippen MR) is 59.0 cm³/mol. The Hall–Kier alpha value is -1.53. The van der Waals surface area contributed by atoms with Gasteiger partial charge in [-0.05, 0) is 32.6 Å². The minimum Gasteiger partial charge on any atom is -0.476 e. The van der Waals surface area contributed by atoms with E-state index in [-0.39, 0.29) is 36.1 Å². The molecule has 1 heterocycles. The standard InChI is InChI=1S/C12H14F3NO3/c1-6-9(11(17)18)16-10(19-6)7-2-4-8(5-3-7)12(13,14)15/h7-8H,2-5H2,1H3,(H,17,18). The molecule has 0 spiro atoms. The number of aryl methyl sites for hydroxylation is 1. The molecule has 1 fully saturated rings. The second-order valence-corrected chi connectivity index (χ2v) is 4.85. The number of carbonyl (C=O) groups is 1. The molecule has 0 aromatic carbocycles. The van der Waals surface area contributed by atoms with E-state index in [2.05, 4.69) is 4.98 Å². The minimum absolute atomic E-state index is 0.0397. The first-order valence-corrected chi connectivity index (χ1v) is 6.06. The summed E-state index contributed by atoms with van der Waals surface area (Å²) < 4.78 is 42.8. The number of oxazole rings is 1. The Morgan fingerprint density at radius 2 is 1.89 bits per heavy atom. The van der Waals surface area contributed by atoms with Gasteiger partial charge in [-0.3, -0.25) is 0 Å². The van der Waals surface area contributed by atoms with Gasteiger partial charge in [0.15, 0.2) is 11.6 Å². The van der Waals surface area contributed by atoms with Gasteiger partial charge in [0, 0.05) is 5.92 Å². The van der Waals surface area contributed by atoms with Gasteiger partial charge >= 0.3 is 12.1 Å². The predicted octanol–water partition coefficient (Wildman–Crippen LogP) is 3.52. The smallest absolute Gasteiger partial charge is 0.391 e. The van der Waals surface area contributed by atoms with Crippen LogP contribution in [-0.4, -0.2) is 22.2 Å². The highest BCUT2D eigenvalue weighted by molar-refractivity contribution is 5.86. The van der Waals surface area contributed by atoms with Gasteiger partial charge < -0.3 is 9.52 Å². The molecular formula is C12H14F3NO3. The normalized spacial score (nSPS) is 24.4. The zero-order valence-electron chi connectivity index (χ0n) is 10.3. The van der Waals surface area contributed by atoms with Crippen LogP contribution in [0.15, 0.2) is 4.42 Å². The van der Waals surface area contributed by atoms with E-state index in [1.165, 1.54) is 6.92 Å². The van der Waals surface area contributed by atoms with Crippen molar-refractivity contribution in [1.82, 2.24) is 4.98 Å². The third-order valence-corrected chi connectivity index (χ3v) is 3.56. The van der Waals surface area contributed by atoms with Gasteiger partial charge in [-0.2, -0.15) is 13.2 Å². The molecule has 19 heavy (non-hydrogen) atoms. The topological polar surface area (TPSA) is 63.3 Å². The Morgan fingerprint density at radius 1 is 1.32 bits per heavy atom. The van der Waals surface area contributed by atoms with Crippen LogP contribution in [0.4, 0.5) is 13.2 Å². The Labute approximate surface area is 107 Å². The molecular weight excluding hydrogens is 263 g/mol. The maximum Gasteiger partial charge on any atom is 0.391 e. The van der Waals surface area contributed by atoms with Gasteiger partial charge in [-0.15, -0.1) is 0 Å². The number of carboxylic acid groups (broad SMARTS) is 1. The molecule has 0 atom stereocenters. The molecule has 0 saturated heterocycles. The molecule has 0 unspecified atom stereocenters. The van der Waals surface area contributed by atoms with Gasteiger partial charge in [0.25, 0.3) is 0 Å². The maximum absolute atomic E-state index is 12.5. The fraction of sp³-hybridized carbons (Fsp3) is 0.667. The number of alkyl halides is 3. The van der Waals surface area contributed by atoms with E-state index < -0.39 is 18.1 Å². The number of aromatic carboxylic acids is 1. The van der Waals surface area contributed by atoms with Crippen LogP contribution in [-0.2, 0) is 0 Å². The van der Waals surface area contributed by atoms with Crippen molar-refractivity contribution < 1.29 is 27.5 Å². The molecule has 0 radical (unpaired) electrons. The van der Waals surface area contributed by atoms with Crippen molar-refractivity contribution in [2.45, 2.75) is 44.7 Å². The number of halogens is 3. The van der Waals surface area contributed by atoms with Crippen LogP contribution in [0.5, 0.6) is 0 Å². The lowest BCUT2D eigenvalue weighted by atomic mass is 9.81. The SMILES string of the molecule is Cc1oc(C2CCC(C(F)(F)F)CC2)nc1C(=O)O. The molecule has 1 aliphatic carbocycles. The van der Waals surface area contributed by atoms with E-state index in [0.717, 1.165) is 0 Å². The average molecular weight is 277 g/mol. The highest BCUT2D eigenvalue weighted by atomic mass is 19.4. The summed E-state index contributed by atoms with van der Waals surface area (Å²) >= 11 is 0. The van der Waals surface area contributed by atoms with Crippen molar-refractivity contribution in [2.24, 2.45) is 5.92 Å². The monoisotopic (exact) mass is 277 g/mol. The lowest BCUT2D eigenvalue weighted by Crippen LogP contribution is -2.27. The van der Waals surface area contributed by atoms with E-state index in [9.17, 15) is 18.0 Å². The van der Waals surface area contributed by atoms with E-state index in [1.807, 2.05) is 0 Å². The average Bonchev–Trinajstić information content (AvgIpc) is 2.70. The van der Waals surface area contributed by atoms with E-state index in [4.69, 9.17) is 9.52 Å². The number of nitrogens with zero attached hydrogens (tertiary/aromatic N) is 1. The van der Waals surface area contributed by atoms with Crippen molar-refractivity contribution in [3.63, 3.8) is 0 Å². The van der Waals surface area contributed by atoms with Crippen molar-refractivity contribution in [1.29, 1.82) is 0 Å². The molecule has 1 aromatic rings. The molecule has 4 nitrogen and oxygen atoms in total. The highest BCUT2D eigenvalue weighted by Crippen LogP contribution is 2.42. The third kappa shape index (κ3) is 2.90. The lowest BCUT2D eigenvalue weighted by molar-refractivity contribution is -0.182. The maximum atomic E-state index is 12.5. The summed E-state index contributed by atoms with van der Waals surface area (Å²) in [7, 11) is 0. The summed E-state index contributed by atoms with van der Waals surface area (Å²) in [5.74, 6) is -2.23. The van der Waals surface area contributed by atoms with E-state index in [0.29, 0.717) is 12.8 Å². The lowest BCUT2D eigenvalue weighted by Gasteiger charge is -2.28. The largest absolute Gasteiger partial charge is 0.476 e. The van der Waals surface area contributed by atoms with Crippen LogP contribution in [0.3, 0.4) is 0 Å². The Morgan fingerprint density at radius 3 is 2.32 bits per heavy atom. The first kappa shape index (κ1) is 13.9. The summed E-state index contributed by atoms with van der Waals surface area (Å²) in [4.78, 5) is 14.7. The highest BCUT2D eigenvalue weighted by Gasteiger charge is 2.42. The Bertz CT molecular complexity index is 473. The summed E-state index contributed by atoms with van der Waals surface area (Å²) in [6.45, 7) is 1.49. The second kappa shape index (κ2) is 4.86. The van der Waals surface area contributed by atoms with Gasteiger partial charge in [-0.25, -0.2) is 9.78 Å². The summed E-state index contributed by atoms with van der Waals surface area (Å²) in [5.41, 5.74) is -0.159. The summed E-state index contributed by atoms with van der Waals surface area (Å²) in [6.07, 6.45) is -3.42. The quantitative estimate of drug-likeness (QED) is 0.898. The summed E-state index contributed by atoms with van der Waals surface area (Å²) in [5, 5.41) is 8.85. The van der Waals surface area contributed by atoms with E-state index >= 15 is 0 Å². The van der Waals surface area contributed by atoms with E-state index in [1.54, 1.807) is 0 Å².